The van der Waals surface area contributed by atoms with Crippen molar-refractivity contribution in [3.8, 4) is 5.69 Å². The Labute approximate surface area is 185 Å². The summed E-state index contributed by atoms with van der Waals surface area (Å²) in [7, 11) is 0. The Kier molecular flexibility index (Phi) is 6.31. The lowest BCUT2D eigenvalue weighted by Gasteiger charge is -2.34. The van der Waals surface area contributed by atoms with Gasteiger partial charge >= 0.3 is 0 Å². The zero-order chi connectivity index (χ0) is 21.8. The van der Waals surface area contributed by atoms with Gasteiger partial charge in [-0.25, -0.2) is 9.97 Å². The second kappa shape index (κ2) is 9.30. The van der Waals surface area contributed by atoms with E-state index in [1.54, 1.807) is 16.0 Å². The van der Waals surface area contributed by atoms with Crippen LogP contribution in [0.2, 0.25) is 0 Å². The van der Waals surface area contributed by atoms with E-state index < -0.39 is 0 Å². The van der Waals surface area contributed by atoms with Gasteiger partial charge < -0.3 is 9.80 Å². The molecule has 0 N–H and O–H groups in total. The van der Waals surface area contributed by atoms with Crippen LogP contribution in [0.15, 0.2) is 54.3 Å². The molecule has 2 amide bonds. The molecule has 0 spiro atoms. The summed E-state index contributed by atoms with van der Waals surface area (Å²) in [5, 5.41) is 0.787. The van der Waals surface area contributed by atoms with Crippen LogP contribution in [0.5, 0.6) is 0 Å². The molecule has 1 aliphatic rings. The van der Waals surface area contributed by atoms with Gasteiger partial charge in [0.05, 0.1) is 11.9 Å². The van der Waals surface area contributed by atoms with E-state index in [4.69, 9.17) is 0 Å². The van der Waals surface area contributed by atoms with Gasteiger partial charge in [-0.3, -0.25) is 19.1 Å². The van der Waals surface area contributed by atoms with Crippen LogP contribution in [0.1, 0.15) is 21.6 Å². The van der Waals surface area contributed by atoms with Gasteiger partial charge in [0.1, 0.15) is 5.69 Å². The quantitative estimate of drug-likeness (QED) is 0.571. The molecule has 1 aliphatic heterocycles. The van der Waals surface area contributed by atoms with Gasteiger partial charge in [0.25, 0.3) is 5.91 Å². The van der Waals surface area contributed by atoms with E-state index in [-0.39, 0.29) is 11.8 Å². The third-order valence-corrected chi connectivity index (χ3v) is 6.07. The van der Waals surface area contributed by atoms with E-state index in [1.807, 2.05) is 10.8 Å². The normalized spacial score (nSPS) is 14.0. The number of nitrogens with zero attached hydrogens (tertiary/aromatic N) is 6. The highest BCUT2D eigenvalue weighted by Crippen LogP contribution is 2.22. The molecule has 31 heavy (non-hydrogen) atoms. The van der Waals surface area contributed by atoms with Gasteiger partial charge in [0.2, 0.25) is 5.91 Å². The van der Waals surface area contributed by atoms with Crippen LogP contribution in [0.4, 0.5) is 0 Å². The summed E-state index contributed by atoms with van der Waals surface area (Å²) in [6, 6.07) is 6.34. The molecule has 1 saturated heterocycles. The summed E-state index contributed by atoms with van der Waals surface area (Å²) in [5.41, 5.74) is 3.74. The molecule has 3 heterocycles. The number of hydrogen-bond acceptors (Lipinski definition) is 6. The van der Waals surface area contributed by atoms with Crippen molar-refractivity contribution in [2.75, 3.05) is 31.9 Å². The fourth-order valence-electron chi connectivity index (χ4n) is 3.63. The SMILES string of the molecule is Cc1cc(C)cc(-n2ccnc2SCC(=O)N2CCN(C(=O)c3cnccn3)CC2)c1. The Morgan fingerprint density at radius 2 is 1.65 bits per heavy atom. The van der Waals surface area contributed by atoms with Crippen molar-refractivity contribution in [1.82, 2.24) is 29.3 Å². The minimum Gasteiger partial charge on any atom is -0.338 e. The average molecular weight is 437 g/mol. The number of amides is 2. The number of thioether (sulfide) groups is 1. The van der Waals surface area contributed by atoms with Gasteiger partial charge in [-0.05, 0) is 37.1 Å². The van der Waals surface area contributed by atoms with Gasteiger partial charge in [0.15, 0.2) is 5.16 Å². The first-order valence-electron chi connectivity index (χ1n) is 10.1. The molecule has 9 heteroatoms. The van der Waals surface area contributed by atoms with E-state index in [9.17, 15) is 9.59 Å². The molecule has 4 rings (SSSR count). The fourth-order valence-corrected chi connectivity index (χ4v) is 4.51. The second-order valence-corrected chi connectivity index (χ2v) is 8.42. The van der Waals surface area contributed by atoms with Crippen molar-refractivity contribution in [3.63, 3.8) is 0 Å². The third-order valence-electron chi connectivity index (χ3n) is 5.12. The predicted molar refractivity (Wildman–Crippen MR) is 118 cm³/mol. The van der Waals surface area contributed by atoms with Crippen molar-refractivity contribution < 1.29 is 9.59 Å². The first-order valence-corrected chi connectivity index (χ1v) is 11.1. The van der Waals surface area contributed by atoms with E-state index in [0.717, 1.165) is 10.8 Å². The second-order valence-electron chi connectivity index (χ2n) is 7.48. The molecular weight excluding hydrogens is 412 g/mol. The van der Waals surface area contributed by atoms with Crippen molar-refractivity contribution >= 4 is 23.6 Å². The molecule has 0 atom stereocenters. The molecule has 0 radical (unpaired) electrons. The monoisotopic (exact) mass is 436 g/mol. The number of carbonyl (C=O) groups is 2. The summed E-state index contributed by atoms with van der Waals surface area (Å²) in [5.74, 6) is 0.205. The Hall–Kier alpha value is -3.20. The maximum absolute atomic E-state index is 12.7. The topological polar surface area (TPSA) is 84.2 Å². The van der Waals surface area contributed by atoms with Gasteiger partial charge in [-0.2, -0.15) is 0 Å². The molecule has 0 unspecified atom stereocenters. The Bertz CT molecular complexity index is 1060. The molecule has 2 aromatic heterocycles. The molecule has 160 valence electrons. The molecule has 1 aromatic carbocycles. The van der Waals surface area contributed by atoms with Crippen LogP contribution in [-0.2, 0) is 4.79 Å². The number of benzene rings is 1. The average Bonchev–Trinajstić information content (AvgIpc) is 3.26. The minimum atomic E-state index is -0.148. The lowest BCUT2D eigenvalue weighted by Crippen LogP contribution is -2.51. The van der Waals surface area contributed by atoms with E-state index in [0.29, 0.717) is 37.6 Å². The number of carbonyl (C=O) groups excluding carboxylic acids is 2. The zero-order valence-electron chi connectivity index (χ0n) is 17.6. The van der Waals surface area contributed by atoms with E-state index >= 15 is 0 Å². The molecule has 8 nitrogen and oxygen atoms in total. The standard InChI is InChI=1S/C22H24N6O2S/c1-16-11-17(2)13-18(12-16)28-6-5-25-22(28)31-15-20(29)26-7-9-27(10-8-26)21(30)19-14-23-3-4-24-19/h3-6,11-14H,7-10,15H2,1-2H3. The van der Waals surface area contributed by atoms with Crippen molar-refractivity contribution in [2.24, 2.45) is 0 Å². The maximum Gasteiger partial charge on any atom is 0.274 e. The Balaban J connectivity index is 1.33. The van der Waals surface area contributed by atoms with Gasteiger partial charge in [-0.15, -0.1) is 0 Å². The minimum absolute atomic E-state index is 0.0478. The third kappa shape index (κ3) is 4.93. The number of aromatic nitrogens is 4. The van der Waals surface area contributed by atoms with E-state index in [2.05, 4.69) is 47.0 Å². The summed E-state index contributed by atoms with van der Waals surface area (Å²) in [6.07, 6.45) is 8.18. The summed E-state index contributed by atoms with van der Waals surface area (Å²) in [4.78, 5) is 41.2. The number of imidazole rings is 1. The lowest BCUT2D eigenvalue weighted by atomic mass is 10.1. The molecular formula is C22H24N6O2S. The van der Waals surface area contributed by atoms with Crippen LogP contribution in [0, 0.1) is 13.8 Å². The Morgan fingerprint density at radius 1 is 0.935 bits per heavy atom. The van der Waals surface area contributed by atoms with Crippen LogP contribution in [0.25, 0.3) is 5.69 Å². The number of rotatable bonds is 5. The first kappa shape index (κ1) is 21.0. The molecule has 3 aromatic rings. The van der Waals surface area contributed by atoms with Crippen molar-refractivity contribution in [1.29, 1.82) is 0 Å². The van der Waals surface area contributed by atoms with Crippen LogP contribution < -0.4 is 0 Å². The van der Waals surface area contributed by atoms with Gasteiger partial charge in [-0.1, -0.05) is 17.8 Å². The highest BCUT2D eigenvalue weighted by Gasteiger charge is 2.25. The largest absolute Gasteiger partial charge is 0.338 e. The molecule has 0 bridgehead atoms. The van der Waals surface area contributed by atoms with Crippen LogP contribution >= 0.6 is 11.8 Å². The molecule has 0 saturated carbocycles. The number of aryl methyl sites for hydroxylation is 2. The highest BCUT2D eigenvalue weighted by molar-refractivity contribution is 7.99. The molecule has 1 fully saturated rings. The summed E-state index contributed by atoms with van der Waals surface area (Å²) >= 11 is 1.43. The number of hydrogen-bond donors (Lipinski definition) is 0. The summed E-state index contributed by atoms with van der Waals surface area (Å²) in [6.45, 7) is 6.14. The number of piperazine rings is 1. The highest BCUT2D eigenvalue weighted by atomic mass is 32.2. The smallest absolute Gasteiger partial charge is 0.274 e. The van der Waals surface area contributed by atoms with Crippen molar-refractivity contribution in [2.45, 2.75) is 19.0 Å². The first-order chi connectivity index (χ1) is 15.0. The van der Waals surface area contributed by atoms with E-state index in [1.165, 1.54) is 41.5 Å². The maximum atomic E-state index is 12.7. The van der Waals surface area contributed by atoms with Crippen molar-refractivity contribution in [3.05, 3.63) is 66.0 Å². The summed E-state index contributed by atoms with van der Waals surface area (Å²) < 4.78 is 2.01. The van der Waals surface area contributed by atoms with Gasteiger partial charge in [0, 0.05) is 56.7 Å². The van der Waals surface area contributed by atoms with Crippen LogP contribution in [-0.4, -0.2) is 73.1 Å². The van der Waals surface area contributed by atoms with Crippen LogP contribution in [0.3, 0.4) is 0 Å². The fraction of sp³-hybridized carbons (Fsp3) is 0.318. The Morgan fingerprint density at radius 3 is 2.32 bits per heavy atom. The lowest BCUT2D eigenvalue weighted by molar-refractivity contribution is -0.129. The predicted octanol–water partition coefficient (Wildman–Crippen LogP) is 2.36. The zero-order valence-corrected chi connectivity index (χ0v) is 18.4. The molecule has 0 aliphatic carbocycles.